The van der Waals surface area contributed by atoms with Crippen LogP contribution in [0.1, 0.15) is 35.2 Å². The van der Waals surface area contributed by atoms with Crippen LogP contribution in [-0.4, -0.2) is 31.4 Å². The quantitative estimate of drug-likeness (QED) is 0.887. The van der Waals surface area contributed by atoms with Crippen molar-refractivity contribution in [3.63, 3.8) is 0 Å². The minimum absolute atomic E-state index is 0.0564. The van der Waals surface area contributed by atoms with Crippen molar-refractivity contribution in [1.82, 2.24) is 4.98 Å². The van der Waals surface area contributed by atoms with Gasteiger partial charge in [0, 0.05) is 19.3 Å². The topological polar surface area (TPSA) is 80.4 Å². The summed E-state index contributed by atoms with van der Waals surface area (Å²) in [4.78, 5) is 4.81. The van der Waals surface area contributed by atoms with Gasteiger partial charge in [-0.25, -0.2) is 13.4 Å². The van der Waals surface area contributed by atoms with Gasteiger partial charge in [0.05, 0.1) is 16.5 Å². The molecule has 1 aromatic heterocycles. The van der Waals surface area contributed by atoms with Gasteiger partial charge in [-0.2, -0.15) is 0 Å². The van der Waals surface area contributed by atoms with Crippen LogP contribution >= 0.6 is 0 Å². The first-order valence-electron chi connectivity index (χ1n) is 8.14. The third kappa shape index (κ3) is 3.91. The fraction of sp³-hybridized carbons (Fsp3) is 0.316. The van der Waals surface area contributed by atoms with Crippen molar-refractivity contribution >= 4 is 15.4 Å². The molecule has 1 aromatic carbocycles. The third-order valence-corrected chi connectivity index (χ3v) is 5.42. The van der Waals surface area contributed by atoms with Crippen LogP contribution in [0.15, 0.2) is 51.8 Å². The van der Waals surface area contributed by atoms with E-state index in [1.165, 1.54) is 6.26 Å². The highest BCUT2D eigenvalue weighted by atomic mass is 32.2. The summed E-state index contributed by atoms with van der Waals surface area (Å²) in [6.45, 7) is 1.92. The summed E-state index contributed by atoms with van der Waals surface area (Å²) in [5.74, 6) is 1.49. The Morgan fingerprint density at radius 1 is 1.28 bits per heavy atom. The van der Waals surface area contributed by atoms with E-state index in [4.69, 9.17) is 9.52 Å². The number of hydrogen-bond acceptors (Lipinski definition) is 5. The number of oxazole rings is 1. The molecule has 1 aliphatic rings. The highest BCUT2D eigenvalue weighted by Gasteiger charge is 2.19. The summed E-state index contributed by atoms with van der Waals surface area (Å²) in [7, 11) is -3.18. The predicted octanol–water partition coefficient (Wildman–Crippen LogP) is 3.05. The van der Waals surface area contributed by atoms with Crippen LogP contribution in [0.3, 0.4) is 0 Å². The molecule has 3 rings (SSSR count). The lowest BCUT2D eigenvalue weighted by atomic mass is 9.93. The molecule has 1 N–H and O–H groups in total. The van der Waals surface area contributed by atoms with Gasteiger partial charge in [-0.3, -0.25) is 0 Å². The van der Waals surface area contributed by atoms with Gasteiger partial charge in [0.25, 0.3) is 0 Å². The van der Waals surface area contributed by atoms with Crippen molar-refractivity contribution in [2.75, 3.05) is 12.9 Å². The summed E-state index contributed by atoms with van der Waals surface area (Å²) in [6.07, 6.45) is 8.63. The maximum Gasteiger partial charge on any atom is 0.201 e. The van der Waals surface area contributed by atoms with Gasteiger partial charge < -0.3 is 9.52 Å². The Morgan fingerprint density at radius 3 is 2.56 bits per heavy atom. The standard InChI is InChI=1S/C19H21NO4S/c1-13-18(11-12-21)20-19(24-13)16-5-3-14(4-6-16)15-7-9-17(10-8-15)25(2,22)23/h3-5,7-10,16,21H,6,11-12H2,1-2H3. The molecule has 0 saturated carbocycles. The molecule has 1 heterocycles. The molecule has 1 unspecified atom stereocenters. The first-order valence-corrected chi connectivity index (χ1v) is 10.0. The SMILES string of the molecule is Cc1oc(C2C=CC(c3ccc(S(C)(=O)=O)cc3)=CC2)nc1CCO. The second-order valence-electron chi connectivity index (χ2n) is 6.19. The van der Waals surface area contributed by atoms with Gasteiger partial charge in [0.1, 0.15) is 5.76 Å². The summed E-state index contributed by atoms with van der Waals surface area (Å²) < 4.78 is 28.8. The van der Waals surface area contributed by atoms with E-state index in [1.54, 1.807) is 12.1 Å². The number of aromatic nitrogens is 1. The molecule has 6 heteroatoms. The molecule has 0 fully saturated rings. The van der Waals surface area contributed by atoms with Crippen LogP contribution in [-0.2, 0) is 16.3 Å². The minimum Gasteiger partial charge on any atom is -0.445 e. The minimum atomic E-state index is -3.18. The number of aryl methyl sites for hydroxylation is 1. The summed E-state index contributed by atoms with van der Waals surface area (Å²) >= 11 is 0. The van der Waals surface area contributed by atoms with E-state index in [0.717, 1.165) is 29.0 Å². The van der Waals surface area contributed by atoms with E-state index in [0.29, 0.717) is 17.2 Å². The first kappa shape index (κ1) is 17.6. The number of benzene rings is 1. The van der Waals surface area contributed by atoms with Crippen LogP contribution in [0.25, 0.3) is 5.57 Å². The zero-order valence-corrected chi connectivity index (χ0v) is 15.1. The number of rotatable bonds is 5. The summed E-state index contributed by atoms with van der Waals surface area (Å²) in [5, 5.41) is 9.05. The van der Waals surface area contributed by atoms with Gasteiger partial charge in [-0.1, -0.05) is 30.4 Å². The Labute approximate surface area is 147 Å². The molecule has 0 aliphatic heterocycles. The van der Waals surface area contributed by atoms with Crippen molar-refractivity contribution in [3.05, 3.63) is 65.4 Å². The molecule has 1 atom stereocenters. The molecule has 132 valence electrons. The average molecular weight is 359 g/mol. The van der Waals surface area contributed by atoms with Crippen LogP contribution in [0.5, 0.6) is 0 Å². The van der Waals surface area contributed by atoms with Gasteiger partial charge in [-0.15, -0.1) is 0 Å². The normalized spacial score (nSPS) is 17.6. The zero-order valence-electron chi connectivity index (χ0n) is 14.3. The Balaban J connectivity index is 1.75. The average Bonchev–Trinajstić information content (AvgIpc) is 2.96. The van der Waals surface area contributed by atoms with Crippen molar-refractivity contribution in [3.8, 4) is 0 Å². The molecular formula is C19H21NO4S. The molecule has 0 saturated heterocycles. The lowest BCUT2D eigenvalue weighted by Gasteiger charge is -2.14. The largest absolute Gasteiger partial charge is 0.445 e. The third-order valence-electron chi connectivity index (χ3n) is 4.29. The van der Waals surface area contributed by atoms with Crippen LogP contribution in [0.4, 0.5) is 0 Å². The van der Waals surface area contributed by atoms with Crippen molar-refractivity contribution < 1.29 is 17.9 Å². The van der Waals surface area contributed by atoms with E-state index < -0.39 is 9.84 Å². The van der Waals surface area contributed by atoms with Crippen LogP contribution < -0.4 is 0 Å². The first-order chi connectivity index (χ1) is 11.9. The highest BCUT2D eigenvalue weighted by Crippen LogP contribution is 2.31. The number of allylic oxidation sites excluding steroid dienone is 4. The number of aliphatic hydroxyl groups excluding tert-OH is 1. The van der Waals surface area contributed by atoms with Gasteiger partial charge in [0.2, 0.25) is 5.89 Å². The maximum atomic E-state index is 11.5. The van der Waals surface area contributed by atoms with E-state index in [2.05, 4.69) is 11.1 Å². The van der Waals surface area contributed by atoms with Crippen molar-refractivity contribution in [2.45, 2.75) is 30.6 Å². The fourth-order valence-corrected chi connectivity index (χ4v) is 3.49. The van der Waals surface area contributed by atoms with E-state index in [-0.39, 0.29) is 12.5 Å². The Bertz CT molecular complexity index is 921. The molecule has 2 aromatic rings. The molecule has 0 spiro atoms. The lowest BCUT2D eigenvalue weighted by molar-refractivity contribution is 0.297. The second kappa shape index (κ2) is 6.98. The number of aliphatic hydroxyl groups is 1. The Hall–Kier alpha value is -2.18. The molecular weight excluding hydrogens is 338 g/mol. The molecule has 25 heavy (non-hydrogen) atoms. The summed E-state index contributed by atoms with van der Waals surface area (Å²) in [6, 6.07) is 6.90. The molecule has 5 nitrogen and oxygen atoms in total. The van der Waals surface area contributed by atoms with Crippen LogP contribution in [0.2, 0.25) is 0 Å². The molecule has 0 amide bonds. The second-order valence-corrected chi connectivity index (χ2v) is 8.20. The van der Waals surface area contributed by atoms with Crippen LogP contribution in [0, 0.1) is 6.92 Å². The number of sulfone groups is 1. The monoisotopic (exact) mass is 359 g/mol. The van der Waals surface area contributed by atoms with Crippen molar-refractivity contribution in [1.29, 1.82) is 0 Å². The lowest BCUT2D eigenvalue weighted by Crippen LogP contribution is -2.01. The van der Waals surface area contributed by atoms with E-state index >= 15 is 0 Å². The maximum absolute atomic E-state index is 11.5. The van der Waals surface area contributed by atoms with Gasteiger partial charge in [0.15, 0.2) is 9.84 Å². The summed E-state index contributed by atoms with van der Waals surface area (Å²) in [5.41, 5.74) is 2.83. The van der Waals surface area contributed by atoms with E-state index in [1.807, 2.05) is 31.2 Å². The fourth-order valence-electron chi connectivity index (χ4n) is 2.86. The van der Waals surface area contributed by atoms with E-state index in [9.17, 15) is 8.42 Å². The van der Waals surface area contributed by atoms with Gasteiger partial charge in [-0.05, 0) is 36.6 Å². The Morgan fingerprint density at radius 2 is 2.00 bits per heavy atom. The number of nitrogens with zero attached hydrogens (tertiary/aromatic N) is 1. The molecule has 0 radical (unpaired) electrons. The Kier molecular flexibility index (Phi) is 4.92. The van der Waals surface area contributed by atoms with Gasteiger partial charge >= 0.3 is 0 Å². The number of hydrogen-bond donors (Lipinski definition) is 1. The van der Waals surface area contributed by atoms with Crippen molar-refractivity contribution in [2.24, 2.45) is 0 Å². The highest BCUT2D eigenvalue weighted by molar-refractivity contribution is 7.90. The smallest absolute Gasteiger partial charge is 0.201 e. The zero-order chi connectivity index (χ0) is 18.0. The predicted molar refractivity (Wildman–Crippen MR) is 96.1 cm³/mol. The molecule has 1 aliphatic carbocycles. The molecule has 0 bridgehead atoms.